The summed E-state index contributed by atoms with van der Waals surface area (Å²) >= 11 is 0. The van der Waals surface area contributed by atoms with Crippen LogP contribution >= 0.6 is 0 Å². The van der Waals surface area contributed by atoms with Gasteiger partial charge in [0.15, 0.2) is 0 Å². The molecule has 3 rings (SSSR count). The number of hydrogen-bond donors (Lipinski definition) is 2. The van der Waals surface area contributed by atoms with E-state index in [1.54, 1.807) is 0 Å². The lowest BCUT2D eigenvalue weighted by Crippen LogP contribution is -2.53. The molecule has 3 heterocycles. The molecule has 162 valence electrons. The lowest BCUT2D eigenvalue weighted by atomic mass is 10.1. The maximum atomic E-state index is 9.22. The predicted octanol–water partition coefficient (Wildman–Crippen LogP) is 2.80. The number of rotatable bonds is 2. The second-order valence-corrected chi connectivity index (χ2v) is 9.95. The molecule has 0 radical (unpaired) electrons. The number of hydrogen-bond acceptors (Lipinski definition) is 5. The van der Waals surface area contributed by atoms with Gasteiger partial charge in [0.1, 0.15) is 0 Å². The monoisotopic (exact) mass is 385 g/mol. The molecular weight excluding hydrogens is 338 g/mol. The maximum Gasteiger partial charge on any atom is 0.0794 e. The summed E-state index contributed by atoms with van der Waals surface area (Å²) in [5.41, 5.74) is 0.234. The van der Waals surface area contributed by atoms with Crippen molar-refractivity contribution in [2.45, 2.75) is 104 Å². The van der Waals surface area contributed by atoms with Crippen molar-refractivity contribution in [1.29, 1.82) is 0 Å². The van der Waals surface area contributed by atoms with Gasteiger partial charge in [-0.1, -0.05) is 6.42 Å². The molecule has 5 nitrogen and oxygen atoms in total. The number of β-amino-alcohol motifs (C(OH)–C–C–N with tert-alkyl or cyclic N) is 2. The van der Waals surface area contributed by atoms with E-state index in [0.717, 1.165) is 38.6 Å². The maximum absolute atomic E-state index is 9.22. The Bertz CT molecular complexity index is 384. The summed E-state index contributed by atoms with van der Waals surface area (Å²) in [5.74, 6) is 0. The summed E-state index contributed by atoms with van der Waals surface area (Å²) in [4.78, 5) is 7.12. The highest BCUT2D eigenvalue weighted by Crippen LogP contribution is 2.19. The molecule has 0 spiro atoms. The first kappa shape index (κ1) is 24.8. The summed E-state index contributed by atoms with van der Waals surface area (Å²) < 4.78 is 0. The van der Waals surface area contributed by atoms with E-state index in [2.05, 4.69) is 63.2 Å². The van der Waals surface area contributed by atoms with Crippen LogP contribution in [0, 0.1) is 0 Å². The zero-order valence-corrected chi connectivity index (χ0v) is 19.1. The van der Waals surface area contributed by atoms with E-state index in [9.17, 15) is 5.11 Å². The topological polar surface area (TPSA) is 50.2 Å². The van der Waals surface area contributed by atoms with Gasteiger partial charge in [0.2, 0.25) is 0 Å². The Morgan fingerprint density at radius 1 is 0.704 bits per heavy atom. The number of likely N-dealkylation sites (tertiary alicyclic amines) is 3. The minimum absolute atomic E-state index is 0.0441. The molecule has 27 heavy (non-hydrogen) atoms. The van der Waals surface area contributed by atoms with Crippen LogP contribution in [0.5, 0.6) is 0 Å². The van der Waals surface area contributed by atoms with E-state index in [4.69, 9.17) is 5.11 Å². The van der Waals surface area contributed by atoms with Crippen molar-refractivity contribution in [2.24, 2.45) is 0 Å². The lowest BCUT2D eigenvalue weighted by Gasteiger charge is -2.38. The van der Waals surface area contributed by atoms with Gasteiger partial charge in [0.05, 0.1) is 12.2 Å². The molecule has 0 aromatic heterocycles. The van der Waals surface area contributed by atoms with Crippen LogP contribution in [0.2, 0.25) is 0 Å². The number of aliphatic hydroxyl groups excluding tert-OH is 2. The van der Waals surface area contributed by atoms with E-state index in [-0.39, 0.29) is 17.7 Å². The van der Waals surface area contributed by atoms with E-state index in [1.807, 2.05) is 0 Å². The highest BCUT2D eigenvalue weighted by atomic mass is 16.3. The molecular formula is C22H47N3O2. The largest absolute Gasteiger partial charge is 0.392 e. The van der Waals surface area contributed by atoms with Crippen molar-refractivity contribution in [3.63, 3.8) is 0 Å². The van der Waals surface area contributed by atoms with E-state index >= 15 is 0 Å². The van der Waals surface area contributed by atoms with Gasteiger partial charge in [0, 0.05) is 43.8 Å². The van der Waals surface area contributed by atoms with Crippen LogP contribution < -0.4 is 0 Å². The van der Waals surface area contributed by atoms with E-state index in [0.29, 0.717) is 6.04 Å². The highest BCUT2D eigenvalue weighted by molar-refractivity contribution is 4.84. The van der Waals surface area contributed by atoms with Crippen LogP contribution in [-0.4, -0.2) is 94.0 Å². The normalized spacial score (nSPS) is 25.7. The Morgan fingerprint density at radius 2 is 1.22 bits per heavy atom. The van der Waals surface area contributed by atoms with Gasteiger partial charge in [-0.05, 0) is 80.8 Å². The fourth-order valence-electron chi connectivity index (χ4n) is 3.70. The van der Waals surface area contributed by atoms with Crippen LogP contribution in [0.4, 0.5) is 0 Å². The first-order valence-corrected chi connectivity index (χ1v) is 11.1. The van der Waals surface area contributed by atoms with Crippen LogP contribution in [0.3, 0.4) is 0 Å². The van der Waals surface area contributed by atoms with E-state index < -0.39 is 0 Å². The molecule has 3 saturated heterocycles. The average molecular weight is 386 g/mol. The van der Waals surface area contributed by atoms with Crippen LogP contribution in [0.15, 0.2) is 0 Å². The van der Waals surface area contributed by atoms with Gasteiger partial charge in [-0.2, -0.15) is 0 Å². The molecule has 3 aliphatic heterocycles. The van der Waals surface area contributed by atoms with Gasteiger partial charge in [0.25, 0.3) is 0 Å². The molecule has 0 amide bonds. The van der Waals surface area contributed by atoms with Crippen molar-refractivity contribution in [2.75, 3.05) is 39.3 Å². The smallest absolute Gasteiger partial charge is 0.0794 e. The molecule has 5 heteroatoms. The van der Waals surface area contributed by atoms with Gasteiger partial charge in [-0.25, -0.2) is 0 Å². The Balaban J connectivity index is 0.000000204. The van der Waals surface area contributed by atoms with Gasteiger partial charge >= 0.3 is 0 Å². The molecule has 0 saturated carbocycles. The third-order valence-electron chi connectivity index (χ3n) is 5.85. The van der Waals surface area contributed by atoms with Gasteiger partial charge in [-0.3, -0.25) is 9.80 Å². The zero-order valence-electron chi connectivity index (χ0n) is 19.1. The Hall–Kier alpha value is -0.200. The number of aliphatic hydroxyl groups is 2. The molecule has 0 aromatic rings. The minimum Gasteiger partial charge on any atom is -0.392 e. The molecule has 1 unspecified atom stereocenters. The van der Waals surface area contributed by atoms with E-state index in [1.165, 1.54) is 32.4 Å². The first-order chi connectivity index (χ1) is 12.5. The second kappa shape index (κ2) is 11.7. The molecule has 3 fully saturated rings. The third kappa shape index (κ3) is 9.71. The SMILES string of the molecule is CC(C)(C)N1CCC(O)C1.CC(C)N1CC(O)C1.CC(C)N1CCCCC1. The predicted molar refractivity (Wildman–Crippen MR) is 115 cm³/mol. The average Bonchev–Trinajstić information content (AvgIpc) is 3.00. The van der Waals surface area contributed by atoms with Crippen LogP contribution in [0.1, 0.15) is 74.1 Å². The summed E-state index contributed by atoms with van der Waals surface area (Å²) in [7, 11) is 0. The molecule has 1 atom stereocenters. The number of nitrogens with zero attached hydrogens (tertiary/aromatic N) is 3. The molecule has 3 aliphatic rings. The fraction of sp³-hybridized carbons (Fsp3) is 1.00. The van der Waals surface area contributed by atoms with Gasteiger partial charge in [-0.15, -0.1) is 0 Å². The third-order valence-corrected chi connectivity index (χ3v) is 5.85. The second-order valence-electron chi connectivity index (χ2n) is 9.95. The standard InChI is InChI=1S/C8H17NO.C8H17N.C6H13NO/c1-8(2,3)9-5-4-7(10)6-9;1-8(2)9-6-4-3-5-7-9;1-5(2)7-3-6(8)4-7/h7,10H,4-6H2,1-3H3;8H,3-7H2,1-2H3;5-6,8H,3-4H2,1-2H3. The summed E-state index contributed by atoms with van der Waals surface area (Å²) in [6.07, 6.45) is 5.09. The number of piperidine rings is 1. The quantitative estimate of drug-likeness (QED) is 0.765. The zero-order chi connectivity index (χ0) is 20.6. The summed E-state index contributed by atoms with van der Waals surface area (Å²) in [6, 6.07) is 1.38. The minimum atomic E-state index is -0.0841. The summed E-state index contributed by atoms with van der Waals surface area (Å²) in [6.45, 7) is 21.7. The Labute approximate surface area is 168 Å². The van der Waals surface area contributed by atoms with Gasteiger partial charge < -0.3 is 15.1 Å². The van der Waals surface area contributed by atoms with Crippen molar-refractivity contribution in [1.82, 2.24) is 14.7 Å². The first-order valence-electron chi connectivity index (χ1n) is 11.1. The van der Waals surface area contributed by atoms with Crippen molar-refractivity contribution >= 4 is 0 Å². The Morgan fingerprint density at radius 3 is 1.44 bits per heavy atom. The van der Waals surface area contributed by atoms with Crippen LogP contribution in [0.25, 0.3) is 0 Å². The Kier molecular flexibility index (Phi) is 10.8. The lowest BCUT2D eigenvalue weighted by molar-refractivity contribution is -0.0161. The van der Waals surface area contributed by atoms with Crippen molar-refractivity contribution < 1.29 is 10.2 Å². The van der Waals surface area contributed by atoms with Crippen molar-refractivity contribution in [3.05, 3.63) is 0 Å². The fourth-order valence-corrected chi connectivity index (χ4v) is 3.70. The molecule has 2 N–H and O–H groups in total. The molecule has 0 aromatic carbocycles. The van der Waals surface area contributed by atoms with Crippen LogP contribution in [-0.2, 0) is 0 Å². The highest BCUT2D eigenvalue weighted by Gasteiger charge is 2.28. The van der Waals surface area contributed by atoms with Crippen molar-refractivity contribution in [3.8, 4) is 0 Å². The summed E-state index contributed by atoms with van der Waals surface area (Å²) in [5, 5.41) is 18.0. The molecule has 0 bridgehead atoms. The molecule has 0 aliphatic carbocycles.